The van der Waals surface area contributed by atoms with E-state index in [0.29, 0.717) is 0 Å². The van der Waals surface area contributed by atoms with Crippen molar-refractivity contribution >= 4 is 5.96 Å². The molecular weight excluding hydrogens is 152 g/mol. The van der Waals surface area contributed by atoms with E-state index in [9.17, 15) is 0 Å². The highest BCUT2D eigenvalue weighted by molar-refractivity contribution is 5.80. The van der Waals surface area contributed by atoms with Gasteiger partial charge in [-0.15, -0.1) is 4.99 Å². The van der Waals surface area contributed by atoms with Crippen LogP contribution < -0.4 is 5.32 Å². The predicted molar refractivity (Wildman–Crippen MR) is 47.5 cm³/mol. The van der Waals surface area contributed by atoms with Gasteiger partial charge in [0, 0.05) is 19.6 Å². The van der Waals surface area contributed by atoms with Crippen LogP contribution in [0.4, 0.5) is 0 Å². The Morgan fingerprint density at radius 2 is 2.25 bits per heavy atom. The number of nitriles is 1. The average Bonchev–Trinajstić information content (AvgIpc) is 2.56. The minimum atomic E-state index is 0.734. The van der Waals surface area contributed by atoms with Crippen molar-refractivity contribution in [3.8, 4) is 6.19 Å². The average molecular weight is 166 g/mol. The van der Waals surface area contributed by atoms with E-state index < -0.39 is 0 Å². The quantitative estimate of drug-likeness (QED) is 0.351. The van der Waals surface area contributed by atoms with E-state index in [1.807, 2.05) is 13.1 Å². The second kappa shape index (κ2) is 4.60. The van der Waals surface area contributed by atoms with E-state index in [2.05, 4.69) is 15.2 Å². The molecule has 0 aliphatic carbocycles. The number of nitrogens with zero attached hydrogens (tertiary/aromatic N) is 3. The molecule has 0 aromatic carbocycles. The Balaban J connectivity index is 2.53. The Morgan fingerprint density at radius 1 is 1.58 bits per heavy atom. The topological polar surface area (TPSA) is 51.4 Å². The normalized spacial score (nSPS) is 17.7. The molecule has 12 heavy (non-hydrogen) atoms. The summed E-state index contributed by atoms with van der Waals surface area (Å²) in [7, 11) is 0. The monoisotopic (exact) mass is 166 g/mol. The largest absolute Gasteiger partial charge is 0.356 e. The molecule has 0 radical (unpaired) electrons. The van der Waals surface area contributed by atoms with Crippen LogP contribution in [0.3, 0.4) is 0 Å². The lowest BCUT2D eigenvalue weighted by atomic mass is 10.4. The van der Waals surface area contributed by atoms with Gasteiger partial charge in [0.1, 0.15) is 0 Å². The van der Waals surface area contributed by atoms with Crippen molar-refractivity contribution < 1.29 is 0 Å². The van der Waals surface area contributed by atoms with Crippen LogP contribution in [0.25, 0.3) is 0 Å². The van der Waals surface area contributed by atoms with Crippen LogP contribution in [0.1, 0.15) is 19.8 Å². The number of guanidine groups is 1. The lowest BCUT2D eigenvalue weighted by Crippen LogP contribution is -2.39. The van der Waals surface area contributed by atoms with Gasteiger partial charge in [0.05, 0.1) is 0 Å². The predicted octanol–water partition coefficient (Wildman–Crippen LogP) is 0.529. The first-order chi connectivity index (χ1) is 5.88. The third-order valence-corrected chi connectivity index (χ3v) is 1.90. The maximum atomic E-state index is 8.42. The minimum absolute atomic E-state index is 0.734. The van der Waals surface area contributed by atoms with Crippen molar-refractivity contribution in [2.45, 2.75) is 19.8 Å². The molecule has 1 fully saturated rings. The van der Waals surface area contributed by atoms with Crippen LogP contribution >= 0.6 is 0 Å². The molecule has 0 aromatic heterocycles. The van der Waals surface area contributed by atoms with Crippen molar-refractivity contribution in [3.63, 3.8) is 0 Å². The van der Waals surface area contributed by atoms with Crippen LogP contribution in [0.15, 0.2) is 4.99 Å². The smallest absolute Gasteiger partial charge is 0.209 e. The van der Waals surface area contributed by atoms with E-state index in [-0.39, 0.29) is 0 Å². The summed E-state index contributed by atoms with van der Waals surface area (Å²) in [5.74, 6) is 0.734. The summed E-state index contributed by atoms with van der Waals surface area (Å²) in [5, 5.41) is 11.5. The summed E-state index contributed by atoms with van der Waals surface area (Å²) >= 11 is 0. The van der Waals surface area contributed by atoms with Gasteiger partial charge in [-0.05, 0) is 19.8 Å². The Hall–Kier alpha value is -1.24. The molecule has 0 unspecified atom stereocenters. The number of aliphatic imine (C=N–C) groups is 1. The molecule has 0 bridgehead atoms. The molecule has 0 amide bonds. The Bertz CT molecular complexity index is 198. The third kappa shape index (κ3) is 2.12. The van der Waals surface area contributed by atoms with Crippen LogP contribution in [-0.4, -0.2) is 30.5 Å². The lowest BCUT2D eigenvalue weighted by molar-refractivity contribution is 0.497. The van der Waals surface area contributed by atoms with Gasteiger partial charge in [0.2, 0.25) is 12.2 Å². The molecule has 1 rings (SSSR count). The summed E-state index contributed by atoms with van der Waals surface area (Å²) in [6.07, 6.45) is 4.22. The second-order valence-electron chi connectivity index (χ2n) is 2.76. The maximum Gasteiger partial charge on any atom is 0.209 e. The van der Waals surface area contributed by atoms with E-state index >= 15 is 0 Å². The lowest BCUT2D eigenvalue weighted by Gasteiger charge is -2.18. The Labute approximate surface area is 72.9 Å². The standard InChI is InChI=1S/C8H14N4/c1-2-10-8(11-7-9)12-5-3-4-6-12/h2-6H2,1H3,(H,10,11). The van der Waals surface area contributed by atoms with Crippen molar-refractivity contribution in [1.29, 1.82) is 5.26 Å². The molecule has 1 saturated heterocycles. The molecule has 1 aliphatic heterocycles. The van der Waals surface area contributed by atoms with Crippen molar-refractivity contribution in [2.24, 2.45) is 4.99 Å². The minimum Gasteiger partial charge on any atom is -0.356 e. The zero-order valence-corrected chi connectivity index (χ0v) is 7.38. The fraction of sp³-hybridized carbons (Fsp3) is 0.750. The van der Waals surface area contributed by atoms with Gasteiger partial charge < -0.3 is 10.2 Å². The molecule has 4 nitrogen and oxygen atoms in total. The van der Waals surface area contributed by atoms with Gasteiger partial charge in [0.15, 0.2) is 0 Å². The van der Waals surface area contributed by atoms with Crippen LogP contribution in [0.5, 0.6) is 0 Å². The Morgan fingerprint density at radius 3 is 2.75 bits per heavy atom. The van der Waals surface area contributed by atoms with Crippen LogP contribution in [-0.2, 0) is 0 Å². The molecular formula is C8H14N4. The van der Waals surface area contributed by atoms with Crippen LogP contribution in [0, 0.1) is 11.5 Å². The number of rotatable bonds is 1. The van der Waals surface area contributed by atoms with Gasteiger partial charge in [-0.25, -0.2) is 0 Å². The van der Waals surface area contributed by atoms with E-state index in [4.69, 9.17) is 5.26 Å². The zero-order valence-electron chi connectivity index (χ0n) is 7.38. The van der Waals surface area contributed by atoms with Crippen molar-refractivity contribution in [1.82, 2.24) is 10.2 Å². The molecule has 0 spiro atoms. The van der Waals surface area contributed by atoms with E-state index in [1.54, 1.807) is 0 Å². The highest BCUT2D eigenvalue weighted by Gasteiger charge is 2.14. The van der Waals surface area contributed by atoms with E-state index in [0.717, 1.165) is 25.6 Å². The molecule has 0 aromatic rings. The molecule has 0 saturated carbocycles. The van der Waals surface area contributed by atoms with Crippen molar-refractivity contribution in [2.75, 3.05) is 19.6 Å². The molecule has 1 heterocycles. The van der Waals surface area contributed by atoms with Gasteiger partial charge in [-0.1, -0.05) is 0 Å². The van der Waals surface area contributed by atoms with Gasteiger partial charge in [-0.2, -0.15) is 5.26 Å². The fourth-order valence-electron chi connectivity index (χ4n) is 1.36. The zero-order chi connectivity index (χ0) is 8.81. The molecule has 1 N–H and O–H groups in total. The summed E-state index contributed by atoms with van der Waals surface area (Å²) < 4.78 is 0. The summed E-state index contributed by atoms with van der Waals surface area (Å²) in [6.45, 7) is 4.86. The molecule has 4 heteroatoms. The maximum absolute atomic E-state index is 8.42. The highest BCUT2D eigenvalue weighted by atomic mass is 15.3. The first-order valence-corrected chi connectivity index (χ1v) is 4.34. The molecule has 66 valence electrons. The third-order valence-electron chi connectivity index (χ3n) is 1.90. The SMILES string of the molecule is CCN/C(=N/C#N)N1CCCC1. The summed E-state index contributed by atoms with van der Waals surface area (Å²) in [6, 6.07) is 0. The summed E-state index contributed by atoms with van der Waals surface area (Å²) in [4.78, 5) is 5.85. The second-order valence-corrected chi connectivity index (χ2v) is 2.76. The van der Waals surface area contributed by atoms with Crippen LogP contribution in [0.2, 0.25) is 0 Å². The Kier molecular flexibility index (Phi) is 3.39. The first kappa shape index (κ1) is 8.85. The number of nitrogens with one attached hydrogen (secondary N) is 1. The molecule has 1 aliphatic rings. The molecule has 0 atom stereocenters. The van der Waals surface area contributed by atoms with Gasteiger partial charge in [-0.3, -0.25) is 0 Å². The number of hydrogen-bond donors (Lipinski definition) is 1. The summed E-state index contributed by atoms with van der Waals surface area (Å²) in [5.41, 5.74) is 0. The van der Waals surface area contributed by atoms with Crippen molar-refractivity contribution in [3.05, 3.63) is 0 Å². The van der Waals surface area contributed by atoms with Gasteiger partial charge >= 0.3 is 0 Å². The first-order valence-electron chi connectivity index (χ1n) is 4.34. The highest BCUT2D eigenvalue weighted by Crippen LogP contribution is 2.06. The van der Waals surface area contributed by atoms with Gasteiger partial charge in [0.25, 0.3) is 0 Å². The number of likely N-dealkylation sites (tertiary alicyclic amines) is 1. The van der Waals surface area contributed by atoms with E-state index in [1.165, 1.54) is 12.8 Å². The fourth-order valence-corrected chi connectivity index (χ4v) is 1.36. The number of hydrogen-bond acceptors (Lipinski definition) is 2.